The van der Waals surface area contributed by atoms with Gasteiger partial charge in [0.15, 0.2) is 0 Å². The van der Waals surface area contributed by atoms with Crippen molar-refractivity contribution >= 4 is 0 Å². The van der Waals surface area contributed by atoms with Crippen LogP contribution >= 0.6 is 0 Å². The van der Waals surface area contributed by atoms with Gasteiger partial charge in [0.1, 0.15) is 0 Å². The molecule has 0 bridgehead atoms. The normalized spacial score (nSPS) is 19.1. The molecule has 28 heavy (non-hydrogen) atoms. The molecule has 0 radical (unpaired) electrons. The van der Waals surface area contributed by atoms with Crippen molar-refractivity contribution in [2.75, 3.05) is 13.2 Å². The van der Waals surface area contributed by atoms with E-state index in [1.807, 2.05) is 0 Å². The molecule has 0 atom stereocenters. The molecule has 0 spiro atoms. The van der Waals surface area contributed by atoms with E-state index in [1.54, 1.807) is 0 Å². The van der Waals surface area contributed by atoms with Crippen molar-refractivity contribution in [1.82, 2.24) is 0 Å². The summed E-state index contributed by atoms with van der Waals surface area (Å²) >= 11 is 0. The zero-order chi connectivity index (χ0) is 20.2. The fourth-order valence-electron chi connectivity index (χ4n) is 3.81. The third kappa shape index (κ3) is 13.9. The van der Waals surface area contributed by atoms with Crippen molar-refractivity contribution in [3.8, 4) is 0 Å². The summed E-state index contributed by atoms with van der Waals surface area (Å²) in [5.74, 6) is -0.727. The molecule has 0 N–H and O–H groups in total. The SMILES string of the molecule is CCCCCCOOC1(OOCCCCCC)CCCCCCCCCCC1. The summed E-state index contributed by atoms with van der Waals surface area (Å²) in [4.78, 5) is 23.1. The van der Waals surface area contributed by atoms with Crippen LogP contribution in [0.15, 0.2) is 0 Å². The Morgan fingerprint density at radius 3 is 1.29 bits per heavy atom. The van der Waals surface area contributed by atoms with Gasteiger partial charge in [-0.3, -0.25) is 0 Å². The predicted octanol–water partition coefficient (Wildman–Crippen LogP) is 8.04. The smallest absolute Gasteiger partial charge is 0.233 e. The van der Waals surface area contributed by atoms with E-state index in [0.29, 0.717) is 13.2 Å². The molecule has 0 amide bonds. The summed E-state index contributed by atoms with van der Waals surface area (Å²) in [6.07, 6.45) is 22.6. The maximum absolute atomic E-state index is 5.94. The molecule has 1 fully saturated rings. The molecule has 168 valence electrons. The molecule has 1 aliphatic rings. The van der Waals surface area contributed by atoms with Crippen molar-refractivity contribution in [3.63, 3.8) is 0 Å². The van der Waals surface area contributed by atoms with Crippen LogP contribution in [0.4, 0.5) is 0 Å². The third-order valence-corrected chi connectivity index (χ3v) is 5.70. The fraction of sp³-hybridized carbons (Fsp3) is 1.00. The van der Waals surface area contributed by atoms with Crippen LogP contribution in [-0.4, -0.2) is 19.0 Å². The Morgan fingerprint density at radius 2 is 0.893 bits per heavy atom. The molecule has 0 saturated heterocycles. The second-order valence-electron chi connectivity index (χ2n) is 8.52. The van der Waals surface area contributed by atoms with E-state index in [2.05, 4.69) is 13.8 Å². The van der Waals surface area contributed by atoms with Crippen LogP contribution in [-0.2, 0) is 19.6 Å². The topological polar surface area (TPSA) is 36.9 Å². The van der Waals surface area contributed by atoms with Crippen LogP contribution < -0.4 is 0 Å². The highest BCUT2D eigenvalue weighted by molar-refractivity contribution is 4.69. The number of unbranched alkanes of at least 4 members (excludes halogenated alkanes) is 6. The summed E-state index contributed by atoms with van der Waals surface area (Å²) in [5, 5.41) is 0. The number of hydrogen-bond donors (Lipinski definition) is 0. The third-order valence-electron chi connectivity index (χ3n) is 5.70. The molecule has 0 aromatic carbocycles. The van der Waals surface area contributed by atoms with E-state index in [1.165, 1.54) is 83.5 Å². The van der Waals surface area contributed by atoms with Gasteiger partial charge in [-0.2, -0.15) is 9.78 Å². The molecule has 1 rings (SSSR count). The molecule has 0 unspecified atom stereocenters. The standard InChI is InChI=1S/C24H48O4/c1-3-5-7-18-22-25-27-24(28-26-23-19-8-6-4-2)20-16-14-12-10-9-11-13-15-17-21-24/h3-23H2,1-2H3. The van der Waals surface area contributed by atoms with Gasteiger partial charge in [0.25, 0.3) is 0 Å². The Kier molecular flexibility index (Phi) is 17.4. The quantitative estimate of drug-likeness (QED) is 0.128. The van der Waals surface area contributed by atoms with Crippen molar-refractivity contribution in [3.05, 3.63) is 0 Å². The average molecular weight is 401 g/mol. The van der Waals surface area contributed by atoms with Crippen LogP contribution in [0.25, 0.3) is 0 Å². The first kappa shape index (κ1) is 25.9. The molecule has 1 aliphatic carbocycles. The lowest BCUT2D eigenvalue weighted by atomic mass is 9.97. The van der Waals surface area contributed by atoms with Crippen LogP contribution in [0, 0.1) is 0 Å². The largest absolute Gasteiger partial charge is 0.234 e. The molecule has 1 saturated carbocycles. The fourth-order valence-corrected chi connectivity index (χ4v) is 3.81. The van der Waals surface area contributed by atoms with Gasteiger partial charge in [0.2, 0.25) is 5.79 Å². The summed E-state index contributed by atoms with van der Waals surface area (Å²) in [7, 11) is 0. The zero-order valence-electron chi connectivity index (χ0n) is 19.0. The van der Waals surface area contributed by atoms with Gasteiger partial charge in [0, 0.05) is 12.8 Å². The second kappa shape index (κ2) is 18.8. The minimum Gasteiger partial charge on any atom is -0.234 e. The lowest BCUT2D eigenvalue weighted by Gasteiger charge is -2.31. The minimum absolute atomic E-state index is 0.640. The Morgan fingerprint density at radius 1 is 0.500 bits per heavy atom. The first-order valence-electron chi connectivity index (χ1n) is 12.4. The monoisotopic (exact) mass is 400 g/mol. The van der Waals surface area contributed by atoms with Gasteiger partial charge >= 0.3 is 0 Å². The van der Waals surface area contributed by atoms with Crippen LogP contribution in [0.5, 0.6) is 0 Å². The van der Waals surface area contributed by atoms with Crippen LogP contribution in [0.3, 0.4) is 0 Å². The summed E-state index contributed by atoms with van der Waals surface area (Å²) in [6.45, 7) is 5.73. The summed E-state index contributed by atoms with van der Waals surface area (Å²) in [5.41, 5.74) is 0. The molecule has 0 heterocycles. The highest BCUT2D eigenvalue weighted by atomic mass is 17.3. The molecule has 4 nitrogen and oxygen atoms in total. The average Bonchev–Trinajstić information content (AvgIpc) is 2.70. The molecular weight excluding hydrogens is 352 g/mol. The Labute approximate surface area is 174 Å². The molecule has 0 aromatic rings. The first-order chi connectivity index (χ1) is 13.8. The number of hydrogen-bond acceptors (Lipinski definition) is 4. The first-order valence-corrected chi connectivity index (χ1v) is 12.4. The summed E-state index contributed by atoms with van der Waals surface area (Å²) in [6, 6.07) is 0. The van der Waals surface area contributed by atoms with Crippen molar-refractivity contribution in [1.29, 1.82) is 0 Å². The van der Waals surface area contributed by atoms with E-state index in [0.717, 1.165) is 38.5 Å². The van der Waals surface area contributed by atoms with E-state index in [9.17, 15) is 0 Å². The minimum atomic E-state index is -0.727. The van der Waals surface area contributed by atoms with Gasteiger partial charge in [-0.15, -0.1) is 0 Å². The van der Waals surface area contributed by atoms with Gasteiger partial charge in [-0.05, 0) is 25.7 Å². The molecular formula is C24H48O4. The lowest BCUT2D eigenvalue weighted by molar-refractivity contribution is -0.515. The Balaban J connectivity index is 2.49. The molecule has 4 heteroatoms. The van der Waals surface area contributed by atoms with Gasteiger partial charge in [0.05, 0.1) is 13.2 Å². The van der Waals surface area contributed by atoms with Crippen molar-refractivity contribution < 1.29 is 19.6 Å². The molecule has 0 aliphatic heterocycles. The maximum Gasteiger partial charge on any atom is 0.233 e. The van der Waals surface area contributed by atoms with Crippen molar-refractivity contribution in [2.45, 2.75) is 142 Å². The van der Waals surface area contributed by atoms with Gasteiger partial charge < -0.3 is 0 Å². The highest BCUT2D eigenvalue weighted by Gasteiger charge is 2.35. The van der Waals surface area contributed by atoms with Crippen molar-refractivity contribution in [2.24, 2.45) is 0 Å². The van der Waals surface area contributed by atoms with Crippen LogP contribution in [0.1, 0.15) is 136 Å². The predicted molar refractivity (Wildman–Crippen MR) is 116 cm³/mol. The van der Waals surface area contributed by atoms with E-state index >= 15 is 0 Å². The van der Waals surface area contributed by atoms with Gasteiger partial charge in [-0.25, -0.2) is 9.78 Å². The Hall–Kier alpha value is -0.160. The summed E-state index contributed by atoms with van der Waals surface area (Å²) < 4.78 is 0. The van der Waals surface area contributed by atoms with Crippen LogP contribution in [0.2, 0.25) is 0 Å². The van der Waals surface area contributed by atoms with E-state index in [-0.39, 0.29) is 0 Å². The zero-order valence-corrected chi connectivity index (χ0v) is 19.0. The lowest BCUT2D eigenvalue weighted by Crippen LogP contribution is -2.37. The maximum atomic E-state index is 5.94. The second-order valence-corrected chi connectivity index (χ2v) is 8.52. The highest BCUT2D eigenvalue weighted by Crippen LogP contribution is 2.30. The van der Waals surface area contributed by atoms with Gasteiger partial charge in [-0.1, -0.05) is 97.3 Å². The van der Waals surface area contributed by atoms with E-state index < -0.39 is 5.79 Å². The molecule has 0 aromatic heterocycles. The van der Waals surface area contributed by atoms with E-state index in [4.69, 9.17) is 19.6 Å². The number of rotatable bonds is 14. The Bertz CT molecular complexity index is 292.